The Kier molecular flexibility index (Phi) is 4.95. The van der Waals surface area contributed by atoms with Gasteiger partial charge < -0.3 is 19.3 Å². The van der Waals surface area contributed by atoms with E-state index < -0.39 is 12.2 Å². The fourth-order valence-corrected chi connectivity index (χ4v) is 3.62. The van der Waals surface area contributed by atoms with Crippen molar-refractivity contribution in [2.45, 2.75) is 18.8 Å². The van der Waals surface area contributed by atoms with Crippen LogP contribution in [0.3, 0.4) is 0 Å². The van der Waals surface area contributed by atoms with Gasteiger partial charge in [0.1, 0.15) is 36.6 Å². The van der Waals surface area contributed by atoms with Crippen LogP contribution in [-0.2, 0) is 6.61 Å². The van der Waals surface area contributed by atoms with Crippen molar-refractivity contribution in [1.82, 2.24) is 4.98 Å². The smallest absolute Gasteiger partial charge is 0.163 e. The van der Waals surface area contributed by atoms with Crippen LogP contribution in [0.5, 0.6) is 17.2 Å². The number of nitrogens with zero attached hydrogens (tertiary/aromatic N) is 1. The molecular formula is C25H21NO4. The van der Waals surface area contributed by atoms with Crippen LogP contribution in [0.4, 0.5) is 0 Å². The minimum absolute atomic E-state index is 0.247. The van der Waals surface area contributed by atoms with Gasteiger partial charge in [-0.05, 0) is 46.7 Å². The second-order valence-corrected chi connectivity index (χ2v) is 7.27. The van der Waals surface area contributed by atoms with Gasteiger partial charge in [0.15, 0.2) is 6.10 Å². The quantitative estimate of drug-likeness (QED) is 0.528. The second-order valence-electron chi connectivity index (χ2n) is 7.27. The monoisotopic (exact) mass is 399 g/mol. The summed E-state index contributed by atoms with van der Waals surface area (Å²) in [6.07, 6.45) is 2.01. The standard InChI is InChI=1S/C25H21NO4/c27-25-22-10-9-20(28-15-17-7-8-18-4-1-2-5-19(18)12-17)13-23(22)29-16-24(25)30-21-6-3-11-26-14-21/h1-14,24-25,27H,15-16H2/t24-,25+/m1/s1. The summed E-state index contributed by atoms with van der Waals surface area (Å²) in [5.41, 5.74) is 1.78. The van der Waals surface area contributed by atoms with Gasteiger partial charge >= 0.3 is 0 Å². The lowest BCUT2D eigenvalue weighted by molar-refractivity contribution is -0.0105. The number of fused-ring (bicyclic) bond motifs is 2. The maximum absolute atomic E-state index is 10.7. The Labute approximate surface area is 174 Å². The molecule has 5 rings (SSSR count). The van der Waals surface area contributed by atoms with Crippen LogP contribution >= 0.6 is 0 Å². The number of aliphatic hydroxyl groups is 1. The lowest BCUT2D eigenvalue weighted by atomic mass is 10.0. The summed E-state index contributed by atoms with van der Waals surface area (Å²) in [6, 6.07) is 23.6. The molecule has 5 nitrogen and oxygen atoms in total. The van der Waals surface area contributed by atoms with Gasteiger partial charge in [-0.1, -0.05) is 36.4 Å². The van der Waals surface area contributed by atoms with Crippen molar-refractivity contribution >= 4 is 10.8 Å². The normalized spacial score (nSPS) is 17.8. The van der Waals surface area contributed by atoms with Crippen LogP contribution in [-0.4, -0.2) is 22.8 Å². The molecule has 0 saturated carbocycles. The zero-order valence-corrected chi connectivity index (χ0v) is 16.3. The number of benzene rings is 3. The Morgan fingerprint density at radius 3 is 2.70 bits per heavy atom. The largest absolute Gasteiger partial charge is 0.489 e. The minimum atomic E-state index is -0.788. The lowest BCUT2D eigenvalue weighted by Gasteiger charge is -2.30. The molecule has 1 aliphatic heterocycles. The van der Waals surface area contributed by atoms with Crippen LogP contribution in [0.25, 0.3) is 10.8 Å². The number of rotatable bonds is 5. The highest BCUT2D eigenvalue weighted by Crippen LogP contribution is 2.36. The molecule has 1 aliphatic rings. The summed E-state index contributed by atoms with van der Waals surface area (Å²) in [5, 5.41) is 13.1. The Morgan fingerprint density at radius 1 is 0.933 bits per heavy atom. The van der Waals surface area contributed by atoms with Gasteiger partial charge in [-0.3, -0.25) is 4.98 Å². The summed E-state index contributed by atoms with van der Waals surface area (Å²) in [5.74, 6) is 1.91. The average Bonchev–Trinajstić information content (AvgIpc) is 2.80. The number of pyridine rings is 1. The van der Waals surface area contributed by atoms with Crippen molar-refractivity contribution < 1.29 is 19.3 Å². The molecule has 5 heteroatoms. The van der Waals surface area contributed by atoms with Crippen molar-refractivity contribution in [2.75, 3.05) is 6.61 Å². The van der Waals surface area contributed by atoms with E-state index in [4.69, 9.17) is 14.2 Å². The Balaban J connectivity index is 1.27. The van der Waals surface area contributed by atoms with E-state index in [1.54, 1.807) is 24.5 Å². The molecule has 0 spiro atoms. The van der Waals surface area contributed by atoms with Crippen molar-refractivity contribution in [3.05, 3.63) is 96.3 Å². The van der Waals surface area contributed by atoms with Gasteiger partial charge in [0.2, 0.25) is 0 Å². The molecular weight excluding hydrogens is 378 g/mol. The van der Waals surface area contributed by atoms with Crippen LogP contribution in [0, 0.1) is 0 Å². The fraction of sp³-hybridized carbons (Fsp3) is 0.160. The average molecular weight is 399 g/mol. The maximum Gasteiger partial charge on any atom is 0.163 e. The van der Waals surface area contributed by atoms with E-state index in [1.807, 2.05) is 30.3 Å². The number of hydrogen-bond acceptors (Lipinski definition) is 5. The SMILES string of the molecule is O[C@H]1c2ccc(OCc3ccc4ccccc4c3)cc2OC[C@H]1Oc1cccnc1. The summed E-state index contributed by atoms with van der Waals surface area (Å²) >= 11 is 0. The van der Waals surface area contributed by atoms with Crippen molar-refractivity contribution in [3.8, 4) is 17.2 Å². The summed E-state index contributed by atoms with van der Waals surface area (Å²) in [6.45, 7) is 0.704. The first kappa shape index (κ1) is 18.5. The molecule has 2 atom stereocenters. The summed E-state index contributed by atoms with van der Waals surface area (Å²) in [7, 11) is 0. The predicted octanol–water partition coefficient (Wildman–Crippen LogP) is 4.69. The number of aromatic nitrogens is 1. The highest BCUT2D eigenvalue weighted by Gasteiger charge is 2.31. The van der Waals surface area contributed by atoms with Crippen molar-refractivity contribution in [1.29, 1.82) is 0 Å². The van der Waals surface area contributed by atoms with Gasteiger partial charge in [0.05, 0.1) is 6.20 Å². The van der Waals surface area contributed by atoms with Crippen LogP contribution < -0.4 is 14.2 Å². The highest BCUT2D eigenvalue weighted by molar-refractivity contribution is 5.82. The number of aliphatic hydroxyl groups excluding tert-OH is 1. The van der Waals surface area contributed by atoms with Crippen molar-refractivity contribution in [2.24, 2.45) is 0 Å². The minimum Gasteiger partial charge on any atom is -0.489 e. The second kappa shape index (κ2) is 8.05. The van der Waals surface area contributed by atoms with Crippen molar-refractivity contribution in [3.63, 3.8) is 0 Å². The van der Waals surface area contributed by atoms with Crippen LogP contribution in [0.1, 0.15) is 17.2 Å². The Bertz CT molecular complexity index is 1160. The summed E-state index contributed by atoms with van der Waals surface area (Å²) < 4.78 is 17.6. The molecule has 4 aromatic rings. The van der Waals surface area contributed by atoms with E-state index in [1.165, 1.54) is 10.8 Å². The molecule has 0 fully saturated rings. The molecule has 3 aromatic carbocycles. The first-order valence-electron chi connectivity index (χ1n) is 9.88. The van der Waals surface area contributed by atoms with E-state index in [0.29, 0.717) is 29.4 Å². The molecule has 1 N–H and O–H groups in total. The van der Waals surface area contributed by atoms with Gasteiger partial charge in [0, 0.05) is 17.8 Å². The van der Waals surface area contributed by atoms with E-state index in [-0.39, 0.29) is 6.61 Å². The van der Waals surface area contributed by atoms with Gasteiger partial charge in [-0.15, -0.1) is 0 Å². The van der Waals surface area contributed by atoms with Crippen LogP contribution in [0.2, 0.25) is 0 Å². The zero-order valence-electron chi connectivity index (χ0n) is 16.3. The molecule has 0 bridgehead atoms. The van der Waals surface area contributed by atoms with E-state index in [2.05, 4.69) is 35.3 Å². The number of ether oxygens (including phenoxy) is 3. The maximum atomic E-state index is 10.7. The van der Waals surface area contributed by atoms with Gasteiger partial charge in [0.25, 0.3) is 0 Å². The first-order valence-corrected chi connectivity index (χ1v) is 9.88. The molecule has 150 valence electrons. The fourth-order valence-electron chi connectivity index (χ4n) is 3.62. The lowest BCUT2D eigenvalue weighted by Crippen LogP contribution is -2.35. The van der Waals surface area contributed by atoms with Gasteiger partial charge in [-0.25, -0.2) is 0 Å². The van der Waals surface area contributed by atoms with E-state index in [0.717, 1.165) is 5.56 Å². The number of hydrogen-bond donors (Lipinski definition) is 1. The van der Waals surface area contributed by atoms with Gasteiger partial charge in [-0.2, -0.15) is 0 Å². The summed E-state index contributed by atoms with van der Waals surface area (Å²) in [4.78, 5) is 4.03. The third-order valence-corrected chi connectivity index (χ3v) is 5.20. The zero-order chi connectivity index (χ0) is 20.3. The molecule has 0 amide bonds. The molecule has 0 unspecified atom stereocenters. The molecule has 0 saturated heterocycles. The molecule has 30 heavy (non-hydrogen) atoms. The Hall–Kier alpha value is -3.57. The Morgan fingerprint density at radius 2 is 1.83 bits per heavy atom. The first-order chi connectivity index (χ1) is 14.8. The third-order valence-electron chi connectivity index (χ3n) is 5.20. The highest BCUT2D eigenvalue weighted by atomic mass is 16.5. The van der Waals surface area contributed by atoms with E-state index >= 15 is 0 Å². The molecule has 1 aromatic heterocycles. The molecule has 0 radical (unpaired) electrons. The predicted molar refractivity (Wildman–Crippen MR) is 114 cm³/mol. The topological polar surface area (TPSA) is 60.8 Å². The molecule has 0 aliphatic carbocycles. The third kappa shape index (κ3) is 3.80. The van der Waals surface area contributed by atoms with Crippen LogP contribution in [0.15, 0.2) is 85.2 Å². The van der Waals surface area contributed by atoms with E-state index in [9.17, 15) is 5.11 Å². The molecule has 2 heterocycles.